The number of hydrogen-bond donors (Lipinski definition) is 0. The standard InChI is InChI=1S/C15H16O3/c1-9-4-3-5-12(16)14-11-8-10(17-2)6-7-13(11)18-15(9)14/h6-9H,3-5H2,1-2H3/t9-/m1/s1. The molecule has 1 aliphatic carbocycles. The molecule has 3 heteroatoms. The molecule has 94 valence electrons. The van der Waals surface area contributed by atoms with Gasteiger partial charge < -0.3 is 9.15 Å². The molecular formula is C15H16O3. The highest BCUT2D eigenvalue weighted by atomic mass is 16.5. The third-order valence-corrected chi connectivity index (χ3v) is 3.69. The quantitative estimate of drug-likeness (QED) is 0.714. The van der Waals surface area contributed by atoms with Gasteiger partial charge in [-0.1, -0.05) is 6.92 Å². The molecule has 1 heterocycles. The summed E-state index contributed by atoms with van der Waals surface area (Å²) in [5.41, 5.74) is 1.55. The number of ketones is 1. The predicted octanol–water partition coefficient (Wildman–Crippen LogP) is 3.91. The van der Waals surface area contributed by atoms with Crippen LogP contribution in [-0.2, 0) is 0 Å². The van der Waals surface area contributed by atoms with Crippen LogP contribution in [0.2, 0.25) is 0 Å². The topological polar surface area (TPSA) is 39.4 Å². The van der Waals surface area contributed by atoms with Crippen LogP contribution in [0.3, 0.4) is 0 Å². The Labute approximate surface area is 106 Å². The number of rotatable bonds is 1. The van der Waals surface area contributed by atoms with Gasteiger partial charge in [0, 0.05) is 17.7 Å². The molecule has 1 aromatic carbocycles. The van der Waals surface area contributed by atoms with E-state index in [0.29, 0.717) is 12.3 Å². The average Bonchev–Trinajstić information content (AvgIpc) is 2.70. The van der Waals surface area contributed by atoms with Gasteiger partial charge in [0.1, 0.15) is 17.1 Å². The first-order chi connectivity index (χ1) is 8.70. The summed E-state index contributed by atoms with van der Waals surface area (Å²) in [6.07, 6.45) is 2.56. The van der Waals surface area contributed by atoms with Crippen molar-refractivity contribution in [1.82, 2.24) is 0 Å². The minimum absolute atomic E-state index is 0.196. The lowest BCUT2D eigenvalue weighted by molar-refractivity contribution is 0.0983. The van der Waals surface area contributed by atoms with E-state index < -0.39 is 0 Å². The van der Waals surface area contributed by atoms with Crippen LogP contribution in [0.4, 0.5) is 0 Å². The van der Waals surface area contributed by atoms with E-state index in [1.54, 1.807) is 7.11 Å². The number of hydrogen-bond acceptors (Lipinski definition) is 3. The molecule has 0 spiro atoms. The minimum atomic E-state index is 0.196. The number of Topliss-reactive ketones (excluding diaryl/α,β-unsaturated/α-hetero) is 1. The van der Waals surface area contributed by atoms with Crippen LogP contribution in [0.1, 0.15) is 48.2 Å². The lowest BCUT2D eigenvalue weighted by atomic mass is 10.0. The molecule has 2 aromatic rings. The zero-order valence-corrected chi connectivity index (χ0v) is 10.7. The Bertz CT molecular complexity index is 609. The van der Waals surface area contributed by atoms with E-state index >= 15 is 0 Å². The normalized spacial score (nSPS) is 19.7. The number of carbonyl (C=O) groups is 1. The number of methoxy groups -OCH3 is 1. The summed E-state index contributed by atoms with van der Waals surface area (Å²) in [5.74, 6) is 2.11. The summed E-state index contributed by atoms with van der Waals surface area (Å²) in [5, 5.41) is 0.892. The maximum atomic E-state index is 12.2. The molecule has 1 aliphatic rings. The van der Waals surface area contributed by atoms with Crippen molar-refractivity contribution in [3.63, 3.8) is 0 Å². The summed E-state index contributed by atoms with van der Waals surface area (Å²) < 4.78 is 11.1. The second kappa shape index (κ2) is 4.16. The number of furan rings is 1. The molecule has 3 nitrogen and oxygen atoms in total. The van der Waals surface area contributed by atoms with Crippen LogP contribution >= 0.6 is 0 Å². The van der Waals surface area contributed by atoms with Crippen molar-refractivity contribution < 1.29 is 13.9 Å². The fourth-order valence-corrected chi connectivity index (χ4v) is 2.68. The number of ether oxygens (including phenoxy) is 1. The van der Waals surface area contributed by atoms with Crippen molar-refractivity contribution in [3.8, 4) is 5.75 Å². The van der Waals surface area contributed by atoms with Crippen molar-refractivity contribution >= 4 is 16.8 Å². The molecule has 3 rings (SSSR count). The fourth-order valence-electron chi connectivity index (χ4n) is 2.68. The van der Waals surface area contributed by atoms with E-state index in [1.165, 1.54) is 0 Å². The molecule has 0 amide bonds. The summed E-state index contributed by atoms with van der Waals surface area (Å²) in [7, 11) is 1.63. The van der Waals surface area contributed by atoms with E-state index in [1.807, 2.05) is 18.2 Å². The monoisotopic (exact) mass is 244 g/mol. The first-order valence-electron chi connectivity index (χ1n) is 6.34. The molecule has 0 saturated carbocycles. The Morgan fingerprint density at radius 1 is 1.39 bits per heavy atom. The van der Waals surface area contributed by atoms with Crippen LogP contribution in [0.5, 0.6) is 5.75 Å². The number of benzene rings is 1. The van der Waals surface area contributed by atoms with Gasteiger partial charge in [-0.15, -0.1) is 0 Å². The lowest BCUT2D eigenvalue weighted by Crippen LogP contribution is -1.98. The molecule has 0 fully saturated rings. The molecule has 1 atom stereocenters. The molecule has 0 N–H and O–H groups in total. The van der Waals surface area contributed by atoms with E-state index in [2.05, 4.69) is 6.92 Å². The summed E-state index contributed by atoms with van der Waals surface area (Å²) in [6, 6.07) is 5.64. The Morgan fingerprint density at radius 2 is 2.22 bits per heavy atom. The Balaban J connectivity index is 2.29. The predicted molar refractivity (Wildman–Crippen MR) is 69.4 cm³/mol. The minimum Gasteiger partial charge on any atom is -0.497 e. The zero-order chi connectivity index (χ0) is 12.7. The highest BCUT2D eigenvalue weighted by Crippen LogP contribution is 2.38. The second-order valence-electron chi connectivity index (χ2n) is 4.92. The SMILES string of the molecule is COc1ccc2oc3c(c2c1)C(=O)CCC[C@H]3C. The molecule has 0 radical (unpaired) electrons. The van der Waals surface area contributed by atoms with Crippen LogP contribution in [0, 0.1) is 0 Å². The third-order valence-electron chi connectivity index (χ3n) is 3.69. The van der Waals surface area contributed by atoms with Crippen molar-refractivity contribution in [2.24, 2.45) is 0 Å². The average molecular weight is 244 g/mol. The Hall–Kier alpha value is -1.77. The number of carbonyl (C=O) groups excluding carboxylic acids is 1. The molecular weight excluding hydrogens is 228 g/mol. The maximum absolute atomic E-state index is 12.2. The van der Waals surface area contributed by atoms with Crippen LogP contribution in [0.25, 0.3) is 11.0 Å². The van der Waals surface area contributed by atoms with Crippen molar-refractivity contribution in [3.05, 3.63) is 29.5 Å². The van der Waals surface area contributed by atoms with Gasteiger partial charge in [0.15, 0.2) is 5.78 Å². The van der Waals surface area contributed by atoms with Crippen LogP contribution in [0.15, 0.2) is 22.6 Å². The van der Waals surface area contributed by atoms with Crippen LogP contribution in [-0.4, -0.2) is 12.9 Å². The van der Waals surface area contributed by atoms with Gasteiger partial charge in [-0.05, 0) is 31.0 Å². The maximum Gasteiger partial charge on any atom is 0.167 e. The van der Waals surface area contributed by atoms with E-state index in [0.717, 1.165) is 40.9 Å². The van der Waals surface area contributed by atoms with E-state index in [9.17, 15) is 4.79 Å². The van der Waals surface area contributed by atoms with E-state index in [-0.39, 0.29) is 5.78 Å². The Morgan fingerprint density at radius 3 is 3.00 bits per heavy atom. The lowest BCUT2D eigenvalue weighted by Gasteiger charge is -2.04. The fraction of sp³-hybridized carbons (Fsp3) is 0.400. The van der Waals surface area contributed by atoms with E-state index in [4.69, 9.17) is 9.15 Å². The van der Waals surface area contributed by atoms with Crippen molar-refractivity contribution in [1.29, 1.82) is 0 Å². The van der Waals surface area contributed by atoms with Gasteiger partial charge in [-0.25, -0.2) is 0 Å². The smallest absolute Gasteiger partial charge is 0.167 e. The van der Waals surface area contributed by atoms with Crippen LogP contribution < -0.4 is 4.74 Å². The molecule has 1 aromatic heterocycles. The third kappa shape index (κ3) is 1.62. The summed E-state index contributed by atoms with van der Waals surface area (Å²) in [6.45, 7) is 2.12. The molecule has 0 saturated heterocycles. The largest absolute Gasteiger partial charge is 0.497 e. The molecule has 0 bridgehead atoms. The van der Waals surface area contributed by atoms with Gasteiger partial charge in [-0.2, -0.15) is 0 Å². The second-order valence-corrected chi connectivity index (χ2v) is 4.92. The summed E-state index contributed by atoms with van der Waals surface area (Å²) in [4.78, 5) is 12.2. The first kappa shape index (κ1) is 11.3. The molecule has 0 unspecified atom stereocenters. The molecule has 0 aliphatic heterocycles. The van der Waals surface area contributed by atoms with Gasteiger partial charge in [0.05, 0.1) is 12.7 Å². The van der Waals surface area contributed by atoms with Gasteiger partial charge in [0.25, 0.3) is 0 Å². The number of fused-ring (bicyclic) bond motifs is 3. The first-order valence-corrected chi connectivity index (χ1v) is 6.34. The molecule has 18 heavy (non-hydrogen) atoms. The van der Waals surface area contributed by atoms with Gasteiger partial charge in [-0.3, -0.25) is 4.79 Å². The highest BCUT2D eigenvalue weighted by Gasteiger charge is 2.27. The highest BCUT2D eigenvalue weighted by molar-refractivity contribution is 6.09. The van der Waals surface area contributed by atoms with Crippen molar-refractivity contribution in [2.45, 2.75) is 32.1 Å². The zero-order valence-electron chi connectivity index (χ0n) is 10.7. The summed E-state index contributed by atoms with van der Waals surface area (Å²) >= 11 is 0. The van der Waals surface area contributed by atoms with Gasteiger partial charge >= 0.3 is 0 Å². The van der Waals surface area contributed by atoms with Crippen molar-refractivity contribution in [2.75, 3.05) is 7.11 Å². The Kier molecular flexibility index (Phi) is 2.62. The van der Waals surface area contributed by atoms with Gasteiger partial charge in [0.2, 0.25) is 0 Å².